The van der Waals surface area contributed by atoms with Crippen molar-refractivity contribution in [3.63, 3.8) is 0 Å². The van der Waals surface area contributed by atoms with E-state index >= 15 is 0 Å². The first-order valence-corrected chi connectivity index (χ1v) is 16.9. The van der Waals surface area contributed by atoms with Gasteiger partial charge in [0.25, 0.3) is 0 Å². The van der Waals surface area contributed by atoms with Crippen molar-refractivity contribution < 1.29 is 5.11 Å². The van der Waals surface area contributed by atoms with Crippen molar-refractivity contribution in [2.24, 2.45) is 5.92 Å². The zero-order valence-corrected chi connectivity index (χ0v) is 25.1. The zero-order chi connectivity index (χ0) is 25.7. The zero-order valence-electron chi connectivity index (χ0n) is 25.1. The molecule has 0 spiro atoms. The number of rotatable bonds is 30. The minimum Gasteiger partial charge on any atom is -0.393 e. The Morgan fingerprint density at radius 2 is 0.571 bits per heavy atom. The van der Waals surface area contributed by atoms with Crippen LogP contribution in [0, 0.1) is 5.92 Å². The molecule has 0 saturated carbocycles. The molecule has 0 heterocycles. The van der Waals surface area contributed by atoms with Crippen LogP contribution in [0.15, 0.2) is 0 Å². The molecule has 0 aliphatic heterocycles. The monoisotopic (exact) mass is 495 g/mol. The number of unbranched alkanes of at least 4 members (excludes halogenated alkanes) is 25. The second-order valence-electron chi connectivity index (χ2n) is 12.0. The molecule has 1 heteroatoms. The lowest BCUT2D eigenvalue weighted by Crippen LogP contribution is -2.17. The van der Waals surface area contributed by atoms with Crippen LogP contribution in [-0.2, 0) is 0 Å². The van der Waals surface area contributed by atoms with E-state index in [2.05, 4.69) is 20.8 Å². The summed E-state index contributed by atoms with van der Waals surface area (Å²) >= 11 is 0. The largest absolute Gasteiger partial charge is 0.393 e. The molecule has 0 aliphatic rings. The second-order valence-corrected chi connectivity index (χ2v) is 12.0. The molecular formula is C34H70O. The van der Waals surface area contributed by atoms with Gasteiger partial charge in [-0.1, -0.05) is 194 Å². The van der Waals surface area contributed by atoms with Crippen LogP contribution in [0.5, 0.6) is 0 Å². The number of hydrogen-bond donors (Lipinski definition) is 1. The first kappa shape index (κ1) is 35.0. The van der Waals surface area contributed by atoms with E-state index in [1.165, 1.54) is 180 Å². The third kappa shape index (κ3) is 28.4. The summed E-state index contributed by atoms with van der Waals surface area (Å²) in [7, 11) is 0. The molecular weight excluding hydrogens is 424 g/mol. The first-order valence-electron chi connectivity index (χ1n) is 16.9. The Morgan fingerprint density at radius 1 is 0.343 bits per heavy atom. The van der Waals surface area contributed by atoms with Crippen LogP contribution >= 0.6 is 0 Å². The minimum absolute atomic E-state index is 0.0650. The van der Waals surface area contributed by atoms with Gasteiger partial charge in [-0.05, 0) is 18.8 Å². The molecule has 0 aromatic heterocycles. The van der Waals surface area contributed by atoms with Crippen molar-refractivity contribution in [2.75, 3.05) is 0 Å². The molecule has 0 amide bonds. The molecule has 1 N–H and O–H groups in total. The lowest BCUT2D eigenvalue weighted by Gasteiger charge is -2.18. The van der Waals surface area contributed by atoms with Crippen molar-refractivity contribution in [1.29, 1.82) is 0 Å². The van der Waals surface area contributed by atoms with Crippen molar-refractivity contribution in [1.82, 2.24) is 0 Å². The lowest BCUT2D eigenvalue weighted by molar-refractivity contribution is 0.0985. The van der Waals surface area contributed by atoms with Crippen molar-refractivity contribution in [2.45, 2.75) is 213 Å². The third-order valence-corrected chi connectivity index (χ3v) is 8.27. The molecule has 0 fully saturated rings. The van der Waals surface area contributed by atoms with E-state index < -0.39 is 0 Å². The molecule has 1 nitrogen and oxygen atoms in total. The van der Waals surface area contributed by atoms with E-state index in [0.29, 0.717) is 5.92 Å². The van der Waals surface area contributed by atoms with Crippen LogP contribution < -0.4 is 0 Å². The highest BCUT2D eigenvalue weighted by Gasteiger charge is 2.13. The summed E-state index contributed by atoms with van der Waals surface area (Å²) in [6.07, 6.45) is 40.3. The van der Waals surface area contributed by atoms with Gasteiger partial charge in [0.15, 0.2) is 0 Å². The van der Waals surface area contributed by atoms with Gasteiger partial charge in [0.05, 0.1) is 6.10 Å². The van der Waals surface area contributed by atoms with E-state index in [1.807, 2.05) is 0 Å². The van der Waals surface area contributed by atoms with Gasteiger partial charge >= 0.3 is 0 Å². The summed E-state index contributed by atoms with van der Waals surface area (Å²) < 4.78 is 0. The Morgan fingerprint density at radius 3 is 0.857 bits per heavy atom. The van der Waals surface area contributed by atoms with E-state index in [0.717, 1.165) is 6.42 Å². The molecule has 212 valence electrons. The Hall–Kier alpha value is -0.0400. The van der Waals surface area contributed by atoms with Crippen LogP contribution in [0.2, 0.25) is 0 Å². The van der Waals surface area contributed by atoms with Gasteiger partial charge in [0.1, 0.15) is 0 Å². The molecule has 0 radical (unpaired) electrons. The SMILES string of the molecule is CCCCCCCCCCCCCCCCCCC(O)C(C)CCCCCCCCCCCCC. The molecule has 0 bridgehead atoms. The molecule has 0 saturated heterocycles. The van der Waals surface area contributed by atoms with E-state index in [-0.39, 0.29) is 6.10 Å². The standard InChI is InChI=1S/C34H70O/c1-4-6-8-10-12-14-16-17-18-19-20-22-24-26-28-30-32-34(35)33(3)31-29-27-25-23-21-15-13-11-9-7-5-2/h33-35H,4-32H2,1-3H3. The first-order chi connectivity index (χ1) is 17.2. The van der Waals surface area contributed by atoms with Crippen LogP contribution in [0.3, 0.4) is 0 Å². The third-order valence-electron chi connectivity index (χ3n) is 8.27. The van der Waals surface area contributed by atoms with Gasteiger partial charge in [-0.15, -0.1) is 0 Å². The Labute approximate surface area is 224 Å². The van der Waals surface area contributed by atoms with Gasteiger partial charge in [0, 0.05) is 0 Å². The van der Waals surface area contributed by atoms with E-state index in [1.54, 1.807) is 0 Å². The molecule has 0 rings (SSSR count). The normalized spacial score (nSPS) is 13.4. The van der Waals surface area contributed by atoms with Gasteiger partial charge in [-0.25, -0.2) is 0 Å². The molecule has 2 unspecified atom stereocenters. The average molecular weight is 495 g/mol. The summed E-state index contributed by atoms with van der Waals surface area (Å²) in [5.74, 6) is 0.491. The van der Waals surface area contributed by atoms with E-state index in [9.17, 15) is 5.11 Å². The summed E-state index contributed by atoms with van der Waals surface area (Å²) in [5, 5.41) is 10.5. The summed E-state index contributed by atoms with van der Waals surface area (Å²) in [4.78, 5) is 0. The fraction of sp³-hybridized carbons (Fsp3) is 1.00. The fourth-order valence-electron chi connectivity index (χ4n) is 5.51. The number of hydrogen-bond acceptors (Lipinski definition) is 1. The van der Waals surface area contributed by atoms with E-state index in [4.69, 9.17) is 0 Å². The maximum Gasteiger partial charge on any atom is 0.0565 e. The smallest absolute Gasteiger partial charge is 0.0565 e. The van der Waals surface area contributed by atoms with Crippen molar-refractivity contribution in [3.8, 4) is 0 Å². The quantitative estimate of drug-likeness (QED) is 0.0984. The molecule has 0 aromatic rings. The summed E-state index contributed by atoms with van der Waals surface area (Å²) in [6, 6.07) is 0. The van der Waals surface area contributed by atoms with Crippen LogP contribution in [0.1, 0.15) is 207 Å². The van der Waals surface area contributed by atoms with Crippen LogP contribution in [0.25, 0.3) is 0 Å². The molecule has 0 aromatic carbocycles. The lowest BCUT2D eigenvalue weighted by atomic mass is 9.93. The topological polar surface area (TPSA) is 20.2 Å². The van der Waals surface area contributed by atoms with Gasteiger partial charge < -0.3 is 5.11 Å². The Balaban J connectivity index is 3.26. The van der Waals surface area contributed by atoms with Gasteiger partial charge in [0.2, 0.25) is 0 Å². The molecule has 2 atom stereocenters. The maximum absolute atomic E-state index is 10.5. The molecule has 35 heavy (non-hydrogen) atoms. The van der Waals surface area contributed by atoms with Crippen molar-refractivity contribution in [3.05, 3.63) is 0 Å². The minimum atomic E-state index is -0.0650. The molecule has 0 aliphatic carbocycles. The number of aliphatic hydroxyl groups is 1. The average Bonchev–Trinajstić information content (AvgIpc) is 2.86. The van der Waals surface area contributed by atoms with Crippen LogP contribution in [-0.4, -0.2) is 11.2 Å². The predicted molar refractivity (Wildman–Crippen MR) is 160 cm³/mol. The Kier molecular flexibility index (Phi) is 30.2. The van der Waals surface area contributed by atoms with Crippen molar-refractivity contribution >= 4 is 0 Å². The number of aliphatic hydroxyl groups excluding tert-OH is 1. The highest BCUT2D eigenvalue weighted by atomic mass is 16.3. The Bertz CT molecular complexity index is 366. The highest BCUT2D eigenvalue weighted by molar-refractivity contribution is 4.65. The predicted octanol–water partition coefficient (Wildman–Crippen LogP) is 12.3. The van der Waals surface area contributed by atoms with Gasteiger partial charge in [-0.3, -0.25) is 0 Å². The fourth-order valence-corrected chi connectivity index (χ4v) is 5.51. The summed E-state index contributed by atoms with van der Waals surface area (Å²) in [5.41, 5.74) is 0. The highest BCUT2D eigenvalue weighted by Crippen LogP contribution is 2.20. The summed E-state index contributed by atoms with van der Waals surface area (Å²) in [6.45, 7) is 6.86. The maximum atomic E-state index is 10.5. The van der Waals surface area contributed by atoms with Gasteiger partial charge in [-0.2, -0.15) is 0 Å². The van der Waals surface area contributed by atoms with Crippen LogP contribution in [0.4, 0.5) is 0 Å². The second kappa shape index (κ2) is 30.2.